The molecule has 2 aromatic carbocycles. The van der Waals surface area contributed by atoms with Crippen molar-refractivity contribution in [3.05, 3.63) is 59.1 Å². The first kappa shape index (κ1) is 22.4. The molecule has 6 nitrogen and oxygen atoms in total. The van der Waals surface area contributed by atoms with E-state index in [0.717, 1.165) is 76.6 Å². The second-order valence-corrected chi connectivity index (χ2v) is 10.4. The summed E-state index contributed by atoms with van der Waals surface area (Å²) in [6.07, 6.45) is 7.17. The molecular formula is C27H27ClN4O2S. The number of aromatic nitrogens is 2. The van der Waals surface area contributed by atoms with Gasteiger partial charge in [-0.1, -0.05) is 11.6 Å². The van der Waals surface area contributed by atoms with Crippen molar-refractivity contribution < 1.29 is 9.47 Å². The second kappa shape index (κ2) is 9.91. The zero-order valence-corrected chi connectivity index (χ0v) is 20.9. The topological polar surface area (TPSA) is 68.3 Å². The first-order valence-electron chi connectivity index (χ1n) is 12.1. The highest BCUT2D eigenvalue weighted by molar-refractivity contribution is 7.14. The van der Waals surface area contributed by atoms with Gasteiger partial charge in [0.25, 0.3) is 0 Å². The molecule has 0 unspecified atom stereocenters. The Hall–Kier alpha value is -3.03. The molecule has 8 heteroatoms. The summed E-state index contributed by atoms with van der Waals surface area (Å²) in [6, 6.07) is 14.9. The minimum atomic E-state index is 0.434. The Morgan fingerprint density at radius 2 is 1.69 bits per heavy atom. The molecule has 1 saturated carbocycles. The number of halogens is 1. The van der Waals surface area contributed by atoms with Crippen LogP contribution in [0.5, 0.6) is 11.5 Å². The third-order valence-corrected chi connectivity index (χ3v) is 7.68. The predicted molar refractivity (Wildman–Crippen MR) is 143 cm³/mol. The van der Waals surface area contributed by atoms with Crippen molar-refractivity contribution in [2.75, 3.05) is 23.8 Å². The first-order valence-corrected chi connectivity index (χ1v) is 13.4. The summed E-state index contributed by atoms with van der Waals surface area (Å²) < 4.78 is 11.6. The number of benzene rings is 2. The molecule has 0 spiro atoms. The van der Waals surface area contributed by atoms with E-state index in [4.69, 9.17) is 26.1 Å². The number of anilines is 2. The minimum Gasteiger partial charge on any atom is -0.490 e. The quantitative estimate of drug-likeness (QED) is 0.303. The highest BCUT2D eigenvalue weighted by atomic mass is 35.5. The molecule has 2 N–H and O–H groups in total. The van der Waals surface area contributed by atoms with Gasteiger partial charge in [-0.2, -0.15) is 0 Å². The molecule has 0 saturated heterocycles. The van der Waals surface area contributed by atoms with Crippen molar-refractivity contribution in [2.24, 2.45) is 0 Å². The van der Waals surface area contributed by atoms with Crippen molar-refractivity contribution >= 4 is 44.7 Å². The molecule has 1 aliphatic heterocycles. The molecule has 0 amide bonds. The summed E-state index contributed by atoms with van der Waals surface area (Å²) in [5, 5.41) is 12.3. The molecule has 6 rings (SSSR count). The normalized spacial score (nSPS) is 19.8. The maximum atomic E-state index is 6.13. The average molecular weight is 507 g/mol. The molecular weight excluding hydrogens is 480 g/mol. The van der Waals surface area contributed by atoms with Gasteiger partial charge in [-0.15, -0.1) is 11.3 Å². The van der Waals surface area contributed by atoms with Crippen LogP contribution in [0.2, 0.25) is 5.02 Å². The van der Waals surface area contributed by atoms with Crippen molar-refractivity contribution in [1.82, 2.24) is 9.97 Å². The number of nitrogens with zero attached hydrogens (tertiary/aromatic N) is 2. The Labute approximate surface area is 213 Å². The van der Waals surface area contributed by atoms with Crippen LogP contribution in [0.15, 0.2) is 54.0 Å². The molecule has 2 aromatic heterocycles. The maximum absolute atomic E-state index is 6.13. The van der Waals surface area contributed by atoms with Gasteiger partial charge in [-0.3, -0.25) is 4.98 Å². The number of fused-ring (bicyclic) bond motifs is 2. The number of pyridine rings is 1. The van der Waals surface area contributed by atoms with Crippen LogP contribution in [0.25, 0.3) is 22.2 Å². The lowest BCUT2D eigenvalue weighted by molar-refractivity contribution is 0.297. The van der Waals surface area contributed by atoms with Crippen LogP contribution in [0.3, 0.4) is 0 Å². The van der Waals surface area contributed by atoms with Gasteiger partial charge in [0.05, 0.1) is 24.4 Å². The minimum absolute atomic E-state index is 0.434. The van der Waals surface area contributed by atoms with E-state index in [-0.39, 0.29) is 0 Å². The monoisotopic (exact) mass is 506 g/mol. The Morgan fingerprint density at radius 3 is 2.54 bits per heavy atom. The molecule has 1 aliphatic carbocycles. The van der Waals surface area contributed by atoms with Crippen molar-refractivity contribution in [3.8, 4) is 22.8 Å². The van der Waals surface area contributed by atoms with Gasteiger partial charge >= 0.3 is 0 Å². The Bertz CT molecular complexity index is 1340. The standard InChI is InChI=1S/C27H27ClN4O2S/c28-18-3-8-21-22(10-11-29-23(21)15-18)30-19-4-6-20(7-5-19)31-27-32-24(16-35-27)17-2-9-25-26(14-17)34-13-1-12-33-25/h2-3,8-11,14-16,19-20H,1,4-7,12-13H2,(H,29,30)(H,31,32). The fourth-order valence-corrected chi connectivity index (χ4v) is 5.78. The van der Waals surface area contributed by atoms with Gasteiger partial charge in [0.2, 0.25) is 0 Å². The predicted octanol–water partition coefficient (Wildman–Crippen LogP) is 7.01. The zero-order chi connectivity index (χ0) is 23.6. The van der Waals surface area contributed by atoms with E-state index in [9.17, 15) is 0 Å². The Balaban J connectivity index is 1.06. The molecule has 0 atom stereocenters. The van der Waals surface area contributed by atoms with Gasteiger partial charge in [0, 0.05) is 51.7 Å². The van der Waals surface area contributed by atoms with E-state index in [1.54, 1.807) is 11.3 Å². The fourth-order valence-electron chi connectivity index (χ4n) is 4.82. The number of ether oxygens (including phenoxy) is 2. The summed E-state index contributed by atoms with van der Waals surface area (Å²) >= 11 is 7.79. The van der Waals surface area contributed by atoms with E-state index < -0.39 is 0 Å². The van der Waals surface area contributed by atoms with Gasteiger partial charge in [-0.25, -0.2) is 4.98 Å². The van der Waals surface area contributed by atoms with Crippen molar-refractivity contribution in [2.45, 2.75) is 44.2 Å². The number of hydrogen-bond donors (Lipinski definition) is 2. The molecule has 0 bridgehead atoms. The lowest BCUT2D eigenvalue weighted by Crippen LogP contribution is -2.32. The van der Waals surface area contributed by atoms with Crippen LogP contribution >= 0.6 is 22.9 Å². The van der Waals surface area contributed by atoms with E-state index >= 15 is 0 Å². The SMILES string of the molecule is Clc1ccc2c(NC3CCC(Nc4nc(-c5ccc6c(c5)OCCCO6)cs4)CC3)ccnc2c1. The summed E-state index contributed by atoms with van der Waals surface area (Å²) in [5.74, 6) is 1.62. The van der Waals surface area contributed by atoms with Gasteiger partial charge in [-0.05, 0) is 68.1 Å². The van der Waals surface area contributed by atoms with Crippen LogP contribution in [0.4, 0.5) is 10.8 Å². The smallest absolute Gasteiger partial charge is 0.183 e. The summed E-state index contributed by atoms with van der Waals surface area (Å²) in [5.41, 5.74) is 4.07. The highest BCUT2D eigenvalue weighted by Gasteiger charge is 2.22. The van der Waals surface area contributed by atoms with Crippen molar-refractivity contribution in [3.63, 3.8) is 0 Å². The van der Waals surface area contributed by atoms with Crippen LogP contribution in [0.1, 0.15) is 32.1 Å². The van der Waals surface area contributed by atoms with E-state index in [1.807, 2.05) is 36.5 Å². The molecule has 35 heavy (non-hydrogen) atoms. The van der Waals surface area contributed by atoms with Gasteiger partial charge in [0.1, 0.15) is 0 Å². The van der Waals surface area contributed by atoms with E-state index in [2.05, 4.69) is 33.1 Å². The zero-order valence-electron chi connectivity index (χ0n) is 19.3. The summed E-state index contributed by atoms with van der Waals surface area (Å²) in [4.78, 5) is 9.30. The van der Waals surface area contributed by atoms with Crippen LogP contribution in [0, 0.1) is 0 Å². The van der Waals surface area contributed by atoms with E-state index in [1.165, 1.54) is 0 Å². The lowest BCUT2D eigenvalue weighted by Gasteiger charge is -2.30. The van der Waals surface area contributed by atoms with Crippen molar-refractivity contribution in [1.29, 1.82) is 0 Å². The number of hydrogen-bond acceptors (Lipinski definition) is 7. The molecule has 0 radical (unpaired) electrons. The fraction of sp³-hybridized carbons (Fsp3) is 0.333. The van der Waals surface area contributed by atoms with Crippen LogP contribution in [-0.4, -0.2) is 35.3 Å². The van der Waals surface area contributed by atoms with Crippen LogP contribution in [-0.2, 0) is 0 Å². The average Bonchev–Trinajstić information content (AvgIpc) is 3.21. The third-order valence-electron chi connectivity index (χ3n) is 6.67. The highest BCUT2D eigenvalue weighted by Crippen LogP contribution is 2.36. The third kappa shape index (κ3) is 5.02. The summed E-state index contributed by atoms with van der Waals surface area (Å²) in [7, 11) is 0. The lowest BCUT2D eigenvalue weighted by atomic mass is 9.91. The Kier molecular flexibility index (Phi) is 6.35. The maximum Gasteiger partial charge on any atom is 0.183 e. The Morgan fingerprint density at radius 1 is 0.886 bits per heavy atom. The molecule has 2 aliphatic rings. The van der Waals surface area contributed by atoms with Gasteiger partial charge in [0.15, 0.2) is 16.6 Å². The molecule has 4 aromatic rings. The van der Waals surface area contributed by atoms with Gasteiger partial charge < -0.3 is 20.1 Å². The molecule has 3 heterocycles. The second-order valence-electron chi connectivity index (χ2n) is 9.11. The number of rotatable bonds is 5. The first-order chi connectivity index (χ1) is 17.2. The summed E-state index contributed by atoms with van der Waals surface area (Å²) in [6.45, 7) is 1.38. The number of nitrogens with one attached hydrogen (secondary N) is 2. The van der Waals surface area contributed by atoms with E-state index in [0.29, 0.717) is 30.3 Å². The largest absolute Gasteiger partial charge is 0.490 e. The molecule has 180 valence electrons. The number of thiazole rings is 1. The molecule has 1 fully saturated rings. The van der Waals surface area contributed by atoms with Crippen LogP contribution < -0.4 is 20.1 Å².